The van der Waals surface area contributed by atoms with Crippen molar-refractivity contribution in [3.8, 4) is 5.75 Å². The lowest BCUT2D eigenvalue weighted by molar-refractivity contribution is 0.190. The van der Waals surface area contributed by atoms with E-state index in [9.17, 15) is 9.90 Å². The Morgan fingerprint density at radius 2 is 2.08 bits per heavy atom. The Bertz CT molecular complexity index is 763. The lowest BCUT2D eigenvalue weighted by Gasteiger charge is -2.27. The van der Waals surface area contributed by atoms with Crippen LogP contribution in [0.15, 0.2) is 42.5 Å². The molecule has 126 valence electrons. The van der Waals surface area contributed by atoms with Crippen molar-refractivity contribution in [3.05, 3.63) is 64.2 Å². The quantitative estimate of drug-likeness (QED) is 0.865. The van der Waals surface area contributed by atoms with E-state index in [1.165, 1.54) is 0 Å². The van der Waals surface area contributed by atoms with E-state index in [1.54, 1.807) is 30.1 Å². The Hall–Kier alpha value is -2.20. The highest BCUT2D eigenvalue weighted by Crippen LogP contribution is 2.35. The van der Waals surface area contributed by atoms with Gasteiger partial charge in [-0.2, -0.15) is 0 Å². The number of urea groups is 1. The van der Waals surface area contributed by atoms with Crippen molar-refractivity contribution in [1.82, 2.24) is 10.2 Å². The summed E-state index contributed by atoms with van der Waals surface area (Å²) >= 11 is 6.23. The van der Waals surface area contributed by atoms with Crippen molar-refractivity contribution in [1.29, 1.82) is 0 Å². The van der Waals surface area contributed by atoms with Crippen LogP contribution in [-0.2, 0) is 6.42 Å². The lowest BCUT2D eigenvalue weighted by Crippen LogP contribution is -2.40. The van der Waals surface area contributed by atoms with Crippen molar-refractivity contribution in [3.63, 3.8) is 0 Å². The summed E-state index contributed by atoms with van der Waals surface area (Å²) < 4.78 is 0. The van der Waals surface area contributed by atoms with Gasteiger partial charge in [-0.1, -0.05) is 35.9 Å². The van der Waals surface area contributed by atoms with Crippen LogP contribution in [0.25, 0.3) is 0 Å². The van der Waals surface area contributed by atoms with Crippen LogP contribution in [0.2, 0.25) is 5.02 Å². The van der Waals surface area contributed by atoms with Gasteiger partial charge in [0.05, 0.1) is 12.1 Å². The highest BCUT2D eigenvalue weighted by atomic mass is 35.5. The van der Waals surface area contributed by atoms with Crippen LogP contribution in [0.3, 0.4) is 0 Å². The third kappa shape index (κ3) is 3.20. The van der Waals surface area contributed by atoms with Crippen LogP contribution in [0, 0.1) is 0 Å². The summed E-state index contributed by atoms with van der Waals surface area (Å²) in [6.07, 6.45) is 1.74. The van der Waals surface area contributed by atoms with Crippen LogP contribution < -0.4 is 5.32 Å². The number of phenolic OH excluding ortho intramolecular Hbond substituents is 1. The van der Waals surface area contributed by atoms with Crippen molar-refractivity contribution in [2.75, 3.05) is 7.05 Å². The number of rotatable bonds is 3. The lowest BCUT2D eigenvalue weighted by atomic mass is 10.1. The number of fused-ring (bicyclic) bond motifs is 1. The number of amides is 2. The number of aromatic hydroxyl groups is 1. The smallest absolute Gasteiger partial charge is 0.318 e. The molecular weight excluding hydrogens is 324 g/mol. The second-order valence-corrected chi connectivity index (χ2v) is 6.64. The van der Waals surface area contributed by atoms with Gasteiger partial charge in [0.25, 0.3) is 0 Å². The molecule has 1 aliphatic rings. The zero-order valence-corrected chi connectivity index (χ0v) is 14.5. The summed E-state index contributed by atoms with van der Waals surface area (Å²) in [6.45, 7) is 1.94. The fraction of sp³-hybridized carbons (Fsp3) is 0.316. The number of benzene rings is 2. The fourth-order valence-electron chi connectivity index (χ4n) is 3.19. The van der Waals surface area contributed by atoms with E-state index in [0.29, 0.717) is 0 Å². The van der Waals surface area contributed by atoms with Crippen LogP contribution in [0.1, 0.15) is 42.1 Å². The zero-order chi connectivity index (χ0) is 17.3. The van der Waals surface area contributed by atoms with Crippen molar-refractivity contribution in [2.24, 2.45) is 0 Å². The van der Waals surface area contributed by atoms with Gasteiger partial charge >= 0.3 is 6.03 Å². The number of carbonyl (C=O) groups excluding carboxylic acids is 1. The molecule has 0 aromatic heterocycles. The van der Waals surface area contributed by atoms with Gasteiger partial charge in [0, 0.05) is 12.1 Å². The summed E-state index contributed by atoms with van der Waals surface area (Å²) in [6, 6.07) is 12.5. The molecule has 2 aromatic carbocycles. The van der Waals surface area contributed by atoms with E-state index in [0.717, 1.165) is 34.6 Å². The predicted molar refractivity (Wildman–Crippen MR) is 95.3 cm³/mol. The highest BCUT2D eigenvalue weighted by Gasteiger charge is 2.27. The fourth-order valence-corrected chi connectivity index (χ4v) is 3.47. The summed E-state index contributed by atoms with van der Waals surface area (Å²) in [5.41, 5.74) is 3.13. The van der Waals surface area contributed by atoms with Gasteiger partial charge in [-0.3, -0.25) is 0 Å². The average Bonchev–Trinajstić information content (AvgIpc) is 2.98. The first-order valence-electron chi connectivity index (χ1n) is 8.07. The number of hydrogen-bond donors (Lipinski definition) is 2. The average molecular weight is 345 g/mol. The molecule has 0 radical (unpaired) electrons. The Morgan fingerprint density at radius 3 is 2.83 bits per heavy atom. The summed E-state index contributed by atoms with van der Waals surface area (Å²) in [7, 11) is 1.76. The molecule has 24 heavy (non-hydrogen) atoms. The van der Waals surface area contributed by atoms with E-state index >= 15 is 0 Å². The first-order chi connectivity index (χ1) is 11.5. The molecule has 1 aliphatic carbocycles. The van der Waals surface area contributed by atoms with E-state index in [4.69, 9.17) is 11.6 Å². The van der Waals surface area contributed by atoms with Crippen LogP contribution in [0.4, 0.5) is 4.79 Å². The standard InChI is InChI=1S/C19H21ClN2O2/c1-12(13-5-3-6-14(23)11-13)22(2)19(24)21-18-10-9-15-16(18)7-4-8-17(15)20/h3-8,11-12,18,23H,9-10H2,1-2H3,(H,21,24). The number of hydrogen-bond acceptors (Lipinski definition) is 2. The first-order valence-corrected chi connectivity index (χ1v) is 8.44. The van der Waals surface area contributed by atoms with Crippen LogP contribution in [-0.4, -0.2) is 23.1 Å². The van der Waals surface area contributed by atoms with Crippen LogP contribution >= 0.6 is 11.6 Å². The molecule has 2 atom stereocenters. The number of halogens is 1. The zero-order valence-electron chi connectivity index (χ0n) is 13.8. The number of nitrogens with one attached hydrogen (secondary N) is 1. The van der Waals surface area contributed by atoms with E-state index in [2.05, 4.69) is 5.32 Å². The third-order valence-electron chi connectivity index (χ3n) is 4.77. The molecule has 5 heteroatoms. The number of carbonyl (C=O) groups is 1. The second kappa shape index (κ2) is 6.73. The maximum Gasteiger partial charge on any atom is 0.318 e. The van der Waals surface area contributed by atoms with Crippen molar-refractivity contribution >= 4 is 17.6 Å². The predicted octanol–water partition coefficient (Wildman–Crippen LogP) is 4.44. The van der Waals surface area contributed by atoms with Gasteiger partial charge in [-0.25, -0.2) is 4.79 Å². The Labute approximate surface area is 147 Å². The Morgan fingerprint density at radius 1 is 1.33 bits per heavy atom. The highest BCUT2D eigenvalue weighted by molar-refractivity contribution is 6.31. The molecule has 2 unspecified atom stereocenters. The number of nitrogens with zero attached hydrogens (tertiary/aromatic N) is 1. The van der Waals surface area contributed by atoms with Gasteiger partial charge in [-0.05, 0) is 54.7 Å². The molecule has 2 N–H and O–H groups in total. The maximum atomic E-state index is 12.6. The molecule has 0 saturated carbocycles. The minimum atomic E-state index is -0.141. The SMILES string of the molecule is CC(c1cccc(O)c1)N(C)C(=O)NC1CCc2c(Cl)cccc21. The molecular formula is C19H21ClN2O2. The minimum Gasteiger partial charge on any atom is -0.508 e. The van der Waals surface area contributed by atoms with E-state index < -0.39 is 0 Å². The van der Waals surface area contributed by atoms with Gasteiger partial charge in [0.15, 0.2) is 0 Å². The van der Waals surface area contributed by atoms with Gasteiger partial charge in [-0.15, -0.1) is 0 Å². The third-order valence-corrected chi connectivity index (χ3v) is 5.12. The molecule has 2 amide bonds. The molecule has 3 rings (SSSR count). The Kier molecular flexibility index (Phi) is 4.67. The van der Waals surface area contributed by atoms with Crippen molar-refractivity contribution < 1.29 is 9.90 Å². The van der Waals surface area contributed by atoms with Gasteiger partial charge in [0.1, 0.15) is 5.75 Å². The second-order valence-electron chi connectivity index (χ2n) is 6.23. The molecule has 4 nitrogen and oxygen atoms in total. The normalized spacial score (nSPS) is 17.2. The molecule has 0 aliphatic heterocycles. The monoisotopic (exact) mass is 344 g/mol. The van der Waals surface area contributed by atoms with E-state index in [1.807, 2.05) is 31.2 Å². The molecule has 0 bridgehead atoms. The molecule has 0 spiro atoms. The van der Waals surface area contributed by atoms with Gasteiger partial charge < -0.3 is 15.3 Å². The topological polar surface area (TPSA) is 52.6 Å². The number of phenols is 1. The minimum absolute atomic E-state index is 0.00924. The van der Waals surface area contributed by atoms with Crippen molar-refractivity contribution in [2.45, 2.75) is 31.8 Å². The summed E-state index contributed by atoms with van der Waals surface area (Å²) in [5, 5.41) is 13.5. The summed E-state index contributed by atoms with van der Waals surface area (Å²) in [4.78, 5) is 14.3. The Balaban J connectivity index is 1.71. The molecule has 2 aromatic rings. The first kappa shape index (κ1) is 16.7. The van der Waals surface area contributed by atoms with Gasteiger partial charge in [0.2, 0.25) is 0 Å². The largest absolute Gasteiger partial charge is 0.508 e. The molecule has 0 heterocycles. The van der Waals surface area contributed by atoms with E-state index in [-0.39, 0.29) is 23.9 Å². The molecule has 0 saturated heterocycles. The summed E-state index contributed by atoms with van der Waals surface area (Å²) in [5.74, 6) is 0.201. The maximum absolute atomic E-state index is 12.6. The van der Waals surface area contributed by atoms with Crippen LogP contribution in [0.5, 0.6) is 5.75 Å². The molecule has 0 fully saturated rings.